The van der Waals surface area contributed by atoms with Crippen LogP contribution in [0.2, 0.25) is 5.02 Å². The first-order chi connectivity index (χ1) is 14.2. The average molecular weight is 401 g/mol. The van der Waals surface area contributed by atoms with Crippen molar-refractivity contribution in [3.63, 3.8) is 0 Å². The van der Waals surface area contributed by atoms with Crippen LogP contribution in [0.1, 0.15) is 0 Å². The van der Waals surface area contributed by atoms with Crippen molar-refractivity contribution in [2.45, 2.75) is 0 Å². The zero-order chi connectivity index (χ0) is 19.8. The van der Waals surface area contributed by atoms with E-state index < -0.39 is 0 Å². The van der Waals surface area contributed by atoms with Gasteiger partial charge in [0.05, 0.1) is 28.8 Å². The Morgan fingerprint density at radius 1 is 0.897 bits per heavy atom. The summed E-state index contributed by atoms with van der Waals surface area (Å²) in [5, 5.41) is 10.5. The number of fused-ring (bicyclic) bond motifs is 1. The molecule has 0 aliphatic carbocycles. The van der Waals surface area contributed by atoms with Crippen LogP contribution < -0.4 is 5.43 Å². The van der Waals surface area contributed by atoms with Crippen LogP contribution in [-0.4, -0.2) is 29.5 Å². The molecule has 0 aliphatic heterocycles. The molecule has 4 heterocycles. The van der Waals surface area contributed by atoms with Crippen molar-refractivity contribution in [2.24, 2.45) is 0 Å². The van der Waals surface area contributed by atoms with Gasteiger partial charge in [0.25, 0.3) is 0 Å². The molecule has 0 saturated carbocycles. The summed E-state index contributed by atoms with van der Waals surface area (Å²) in [5.41, 5.74) is 3.01. The maximum atomic E-state index is 12.6. The molecule has 5 aromatic rings. The van der Waals surface area contributed by atoms with Crippen LogP contribution in [0.5, 0.6) is 0 Å². The minimum absolute atomic E-state index is 0.196. The first-order valence-corrected chi connectivity index (χ1v) is 9.18. The number of hydrogen-bond acceptors (Lipinski definition) is 5. The fourth-order valence-electron chi connectivity index (χ4n) is 3.19. The van der Waals surface area contributed by atoms with Crippen LogP contribution in [0.25, 0.3) is 33.7 Å². The molecule has 0 aliphatic rings. The molecule has 0 spiro atoms. The smallest absolute Gasteiger partial charge is 0.209 e. The third kappa shape index (κ3) is 3.07. The zero-order valence-electron chi connectivity index (χ0n) is 15.0. The molecule has 0 atom stereocenters. The van der Waals surface area contributed by atoms with E-state index >= 15 is 0 Å². The van der Waals surface area contributed by atoms with Gasteiger partial charge in [-0.15, -0.1) is 0 Å². The van der Waals surface area contributed by atoms with E-state index in [0.29, 0.717) is 16.4 Å². The molecule has 0 N–H and O–H groups in total. The Hall–Kier alpha value is -3.84. The number of benzene rings is 1. The van der Waals surface area contributed by atoms with Crippen LogP contribution in [0.3, 0.4) is 0 Å². The Bertz CT molecular complexity index is 1390. The standard InChI is InChI=1S/C21H13ClN6O/c22-14-1-2-16-17(13-14)24-10-5-18(16)28-19(6-11-25-28)21-20(29)7-12-27(26-21)15-3-8-23-9-4-15/h1-13H. The van der Waals surface area contributed by atoms with Crippen molar-refractivity contribution in [1.82, 2.24) is 29.5 Å². The molecule has 5 rings (SSSR count). The molecule has 0 amide bonds. The summed E-state index contributed by atoms with van der Waals surface area (Å²) in [6.45, 7) is 0. The highest BCUT2D eigenvalue weighted by molar-refractivity contribution is 6.31. The van der Waals surface area contributed by atoms with E-state index in [1.807, 2.05) is 24.3 Å². The first-order valence-electron chi connectivity index (χ1n) is 8.80. The Balaban J connectivity index is 1.70. The lowest BCUT2D eigenvalue weighted by Gasteiger charge is -2.11. The SMILES string of the molecule is O=c1ccn(-c2ccncc2)nc1-c1ccnn1-c1ccnc2cc(Cl)ccc12. The molecule has 29 heavy (non-hydrogen) atoms. The van der Waals surface area contributed by atoms with Gasteiger partial charge in [-0.25, -0.2) is 9.36 Å². The van der Waals surface area contributed by atoms with Crippen LogP contribution in [0.15, 0.2) is 84.3 Å². The fraction of sp³-hybridized carbons (Fsp3) is 0. The third-order valence-corrected chi connectivity index (χ3v) is 4.77. The van der Waals surface area contributed by atoms with Gasteiger partial charge in [0.2, 0.25) is 5.43 Å². The second kappa shape index (κ2) is 6.96. The van der Waals surface area contributed by atoms with E-state index in [1.54, 1.807) is 58.5 Å². The fourth-order valence-corrected chi connectivity index (χ4v) is 3.36. The largest absolute Gasteiger partial charge is 0.287 e. The monoisotopic (exact) mass is 400 g/mol. The zero-order valence-corrected chi connectivity index (χ0v) is 15.7. The van der Waals surface area contributed by atoms with Gasteiger partial charge >= 0.3 is 0 Å². The lowest BCUT2D eigenvalue weighted by atomic mass is 10.2. The highest BCUT2D eigenvalue weighted by Crippen LogP contribution is 2.26. The molecule has 7 nitrogen and oxygen atoms in total. The highest BCUT2D eigenvalue weighted by atomic mass is 35.5. The molecule has 0 unspecified atom stereocenters. The van der Waals surface area contributed by atoms with E-state index in [-0.39, 0.29) is 5.43 Å². The summed E-state index contributed by atoms with van der Waals surface area (Å²) in [5.74, 6) is 0. The quantitative estimate of drug-likeness (QED) is 0.461. The Kier molecular flexibility index (Phi) is 4.14. The van der Waals surface area contributed by atoms with Gasteiger partial charge in [0.1, 0.15) is 0 Å². The molecular weight excluding hydrogens is 388 g/mol. The third-order valence-electron chi connectivity index (χ3n) is 4.53. The van der Waals surface area contributed by atoms with E-state index in [1.165, 1.54) is 6.07 Å². The predicted octanol–water partition coefficient (Wildman–Crippen LogP) is 3.68. The number of rotatable bonds is 3. The molecule has 140 valence electrons. The van der Waals surface area contributed by atoms with Crippen molar-refractivity contribution in [1.29, 1.82) is 0 Å². The van der Waals surface area contributed by atoms with Crippen LogP contribution in [-0.2, 0) is 0 Å². The van der Waals surface area contributed by atoms with E-state index in [9.17, 15) is 4.79 Å². The van der Waals surface area contributed by atoms with Gasteiger partial charge in [-0.2, -0.15) is 10.2 Å². The van der Waals surface area contributed by atoms with Crippen LogP contribution in [0.4, 0.5) is 0 Å². The summed E-state index contributed by atoms with van der Waals surface area (Å²) >= 11 is 6.10. The molecule has 8 heteroatoms. The number of pyridine rings is 2. The summed E-state index contributed by atoms with van der Waals surface area (Å²) in [4.78, 5) is 21.0. The number of nitrogens with zero attached hydrogens (tertiary/aromatic N) is 6. The average Bonchev–Trinajstić information content (AvgIpc) is 3.23. The number of halogens is 1. The predicted molar refractivity (Wildman–Crippen MR) is 110 cm³/mol. The Labute approximate surface area is 169 Å². The Morgan fingerprint density at radius 3 is 2.62 bits per heavy atom. The van der Waals surface area contributed by atoms with Gasteiger partial charge in [0, 0.05) is 41.3 Å². The number of hydrogen-bond donors (Lipinski definition) is 0. The molecule has 4 aromatic heterocycles. The summed E-state index contributed by atoms with van der Waals surface area (Å²) in [6, 6.07) is 14.2. The summed E-state index contributed by atoms with van der Waals surface area (Å²) in [7, 11) is 0. The van der Waals surface area contributed by atoms with Gasteiger partial charge < -0.3 is 0 Å². The van der Waals surface area contributed by atoms with Crippen molar-refractivity contribution >= 4 is 22.5 Å². The molecule has 0 radical (unpaired) electrons. The molecule has 0 fully saturated rings. The molecular formula is C21H13ClN6O. The molecule has 1 aromatic carbocycles. The van der Waals surface area contributed by atoms with Crippen molar-refractivity contribution in [3.8, 4) is 22.8 Å². The minimum atomic E-state index is -0.196. The van der Waals surface area contributed by atoms with Gasteiger partial charge in [-0.1, -0.05) is 11.6 Å². The van der Waals surface area contributed by atoms with Gasteiger partial charge in [0.15, 0.2) is 5.69 Å². The maximum Gasteiger partial charge on any atom is 0.209 e. The Morgan fingerprint density at radius 2 is 1.76 bits per heavy atom. The van der Waals surface area contributed by atoms with E-state index in [0.717, 1.165) is 22.3 Å². The second-order valence-corrected chi connectivity index (χ2v) is 6.73. The highest BCUT2D eigenvalue weighted by Gasteiger charge is 2.15. The first kappa shape index (κ1) is 17.3. The van der Waals surface area contributed by atoms with Crippen LogP contribution >= 0.6 is 11.6 Å². The minimum Gasteiger partial charge on any atom is -0.287 e. The summed E-state index contributed by atoms with van der Waals surface area (Å²) in [6.07, 6.45) is 8.31. The maximum absolute atomic E-state index is 12.6. The lowest BCUT2D eigenvalue weighted by molar-refractivity contribution is 0.822. The second-order valence-electron chi connectivity index (χ2n) is 6.30. The van der Waals surface area contributed by atoms with Gasteiger partial charge in [-0.05, 0) is 42.5 Å². The summed E-state index contributed by atoms with van der Waals surface area (Å²) < 4.78 is 3.33. The van der Waals surface area contributed by atoms with Crippen molar-refractivity contribution in [2.75, 3.05) is 0 Å². The normalized spacial score (nSPS) is 11.1. The van der Waals surface area contributed by atoms with E-state index in [2.05, 4.69) is 20.2 Å². The van der Waals surface area contributed by atoms with Crippen molar-refractivity contribution in [3.05, 3.63) is 94.8 Å². The number of aromatic nitrogens is 6. The van der Waals surface area contributed by atoms with Crippen molar-refractivity contribution < 1.29 is 0 Å². The topological polar surface area (TPSA) is 78.5 Å². The van der Waals surface area contributed by atoms with Crippen LogP contribution in [0, 0.1) is 0 Å². The van der Waals surface area contributed by atoms with Gasteiger partial charge in [-0.3, -0.25) is 14.8 Å². The molecule has 0 bridgehead atoms. The molecule has 0 saturated heterocycles. The lowest BCUT2D eigenvalue weighted by Crippen LogP contribution is -2.15. The van der Waals surface area contributed by atoms with E-state index in [4.69, 9.17) is 11.6 Å².